The van der Waals surface area contributed by atoms with Crippen LogP contribution in [-0.4, -0.2) is 25.8 Å². The minimum Gasteiger partial charge on any atom is -0.463 e. The molecule has 3 heteroatoms. The average molecular weight is 230 g/mol. The first kappa shape index (κ1) is 15.4. The molecule has 96 valence electrons. The van der Waals surface area contributed by atoms with Crippen LogP contribution in [0.3, 0.4) is 0 Å². The van der Waals surface area contributed by atoms with Crippen molar-refractivity contribution >= 4 is 5.97 Å². The lowest BCUT2D eigenvalue weighted by Crippen LogP contribution is -2.10. The number of ether oxygens (including phenoxy) is 2. The van der Waals surface area contributed by atoms with Crippen molar-refractivity contribution in [1.82, 2.24) is 0 Å². The molecular formula is C13H26O3. The van der Waals surface area contributed by atoms with Gasteiger partial charge in [0.1, 0.15) is 6.61 Å². The SMILES string of the molecule is CCCCCCCC(=O)OCCOCCC. The summed E-state index contributed by atoms with van der Waals surface area (Å²) in [6, 6.07) is 0. The summed E-state index contributed by atoms with van der Waals surface area (Å²) < 4.78 is 10.2. The zero-order valence-electron chi connectivity index (χ0n) is 10.8. The van der Waals surface area contributed by atoms with E-state index >= 15 is 0 Å². The van der Waals surface area contributed by atoms with Gasteiger partial charge in [-0.3, -0.25) is 4.79 Å². The minimum absolute atomic E-state index is 0.0865. The molecule has 0 amide bonds. The normalized spacial score (nSPS) is 10.4. The number of rotatable bonds is 11. The van der Waals surface area contributed by atoms with Crippen molar-refractivity contribution in [3.8, 4) is 0 Å². The summed E-state index contributed by atoms with van der Waals surface area (Å²) in [5, 5.41) is 0. The van der Waals surface area contributed by atoms with Crippen LogP contribution < -0.4 is 0 Å². The molecule has 3 nitrogen and oxygen atoms in total. The lowest BCUT2D eigenvalue weighted by atomic mass is 10.1. The maximum Gasteiger partial charge on any atom is 0.305 e. The number of hydrogen-bond donors (Lipinski definition) is 0. The Morgan fingerprint density at radius 2 is 1.62 bits per heavy atom. The lowest BCUT2D eigenvalue weighted by molar-refractivity contribution is -0.145. The van der Waals surface area contributed by atoms with Crippen LogP contribution in [0, 0.1) is 0 Å². The third-order valence-corrected chi connectivity index (χ3v) is 2.32. The predicted octanol–water partition coefficient (Wildman–Crippen LogP) is 3.32. The summed E-state index contributed by atoms with van der Waals surface area (Å²) in [6.45, 7) is 5.91. The molecule has 0 aliphatic rings. The molecule has 0 bridgehead atoms. The summed E-state index contributed by atoms with van der Waals surface area (Å²) >= 11 is 0. The van der Waals surface area contributed by atoms with E-state index in [2.05, 4.69) is 13.8 Å². The van der Waals surface area contributed by atoms with Crippen molar-refractivity contribution < 1.29 is 14.3 Å². The van der Waals surface area contributed by atoms with Crippen LogP contribution in [0.2, 0.25) is 0 Å². The molecule has 0 radical (unpaired) electrons. The third kappa shape index (κ3) is 11.5. The Morgan fingerprint density at radius 1 is 0.875 bits per heavy atom. The second-order valence-corrected chi connectivity index (χ2v) is 4.00. The first-order valence-electron chi connectivity index (χ1n) is 6.54. The number of hydrogen-bond acceptors (Lipinski definition) is 3. The van der Waals surface area contributed by atoms with Gasteiger partial charge >= 0.3 is 5.97 Å². The van der Waals surface area contributed by atoms with Gasteiger partial charge in [-0.05, 0) is 12.8 Å². The topological polar surface area (TPSA) is 35.5 Å². The lowest BCUT2D eigenvalue weighted by Gasteiger charge is -2.05. The van der Waals surface area contributed by atoms with Gasteiger partial charge in [0.15, 0.2) is 0 Å². The molecule has 0 aromatic rings. The van der Waals surface area contributed by atoms with Crippen LogP contribution in [0.4, 0.5) is 0 Å². The Bertz CT molecular complexity index is 141. The quantitative estimate of drug-likeness (QED) is 0.403. The molecule has 0 aromatic heterocycles. The number of esters is 1. The van der Waals surface area contributed by atoms with Crippen molar-refractivity contribution in [3.05, 3.63) is 0 Å². The van der Waals surface area contributed by atoms with Crippen LogP contribution in [-0.2, 0) is 14.3 Å². The summed E-state index contributed by atoms with van der Waals surface area (Å²) in [5.74, 6) is -0.0865. The van der Waals surface area contributed by atoms with Crippen LogP contribution >= 0.6 is 0 Å². The van der Waals surface area contributed by atoms with Crippen LogP contribution in [0.1, 0.15) is 58.8 Å². The fraction of sp³-hybridized carbons (Fsp3) is 0.923. The van der Waals surface area contributed by atoms with Gasteiger partial charge in [0.25, 0.3) is 0 Å². The third-order valence-electron chi connectivity index (χ3n) is 2.32. The van der Waals surface area contributed by atoms with Gasteiger partial charge in [0, 0.05) is 13.0 Å². The van der Waals surface area contributed by atoms with Crippen molar-refractivity contribution in [1.29, 1.82) is 0 Å². The van der Waals surface area contributed by atoms with Crippen molar-refractivity contribution in [2.24, 2.45) is 0 Å². The average Bonchev–Trinajstić information content (AvgIpc) is 2.28. The number of carbonyl (C=O) groups excluding carboxylic acids is 1. The molecule has 0 atom stereocenters. The van der Waals surface area contributed by atoms with E-state index in [1.807, 2.05) is 0 Å². The molecule has 0 fully saturated rings. The number of carbonyl (C=O) groups is 1. The van der Waals surface area contributed by atoms with Gasteiger partial charge in [-0.25, -0.2) is 0 Å². The maximum absolute atomic E-state index is 11.2. The van der Waals surface area contributed by atoms with Gasteiger partial charge in [0.05, 0.1) is 6.61 Å². The molecule has 0 aliphatic heterocycles. The Hall–Kier alpha value is -0.570. The van der Waals surface area contributed by atoms with E-state index in [-0.39, 0.29) is 5.97 Å². The second kappa shape index (κ2) is 12.5. The molecule has 0 saturated carbocycles. The van der Waals surface area contributed by atoms with Gasteiger partial charge in [-0.2, -0.15) is 0 Å². The highest BCUT2D eigenvalue weighted by atomic mass is 16.6. The van der Waals surface area contributed by atoms with E-state index in [1.54, 1.807) is 0 Å². The van der Waals surface area contributed by atoms with Crippen LogP contribution in [0.15, 0.2) is 0 Å². The van der Waals surface area contributed by atoms with Crippen molar-refractivity contribution in [2.75, 3.05) is 19.8 Å². The summed E-state index contributed by atoms with van der Waals surface area (Å²) in [5.41, 5.74) is 0. The van der Waals surface area contributed by atoms with Gasteiger partial charge in [-0.15, -0.1) is 0 Å². The minimum atomic E-state index is -0.0865. The molecule has 0 spiro atoms. The molecular weight excluding hydrogens is 204 g/mol. The first-order valence-corrected chi connectivity index (χ1v) is 6.54. The molecule has 0 saturated heterocycles. The van der Waals surface area contributed by atoms with E-state index in [0.29, 0.717) is 19.6 Å². The summed E-state index contributed by atoms with van der Waals surface area (Å²) in [6.07, 6.45) is 7.37. The van der Waals surface area contributed by atoms with Gasteiger partial charge < -0.3 is 9.47 Å². The highest BCUT2D eigenvalue weighted by Gasteiger charge is 2.01. The molecule has 0 rings (SSSR count). The van der Waals surface area contributed by atoms with E-state index in [4.69, 9.17) is 9.47 Å². The standard InChI is InChI=1S/C13H26O3/c1-3-5-6-7-8-9-13(14)16-12-11-15-10-4-2/h3-12H2,1-2H3. The summed E-state index contributed by atoms with van der Waals surface area (Å²) in [7, 11) is 0. The van der Waals surface area contributed by atoms with Crippen molar-refractivity contribution in [2.45, 2.75) is 58.8 Å². The van der Waals surface area contributed by atoms with E-state index < -0.39 is 0 Å². The molecule has 0 aromatic carbocycles. The van der Waals surface area contributed by atoms with E-state index in [0.717, 1.165) is 25.9 Å². The zero-order valence-corrected chi connectivity index (χ0v) is 10.8. The highest BCUT2D eigenvalue weighted by Crippen LogP contribution is 2.05. The Balaban J connectivity index is 3.12. The van der Waals surface area contributed by atoms with E-state index in [1.165, 1.54) is 19.3 Å². The predicted molar refractivity (Wildman–Crippen MR) is 65.4 cm³/mol. The molecule has 0 unspecified atom stereocenters. The van der Waals surface area contributed by atoms with Gasteiger partial charge in [-0.1, -0.05) is 39.5 Å². The second-order valence-electron chi connectivity index (χ2n) is 4.00. The summed E-state index contributed by atoms with van der Waals surface area (Å²) in [4.78, 5) is 11.2. The monoisotopic (exact) mass is 230 g/mol. The van der Waals surface area contributed by atoms with Crippen molar-refractivity contribution in [3.63, 3.8) is 0 Å². The zero-order chi connectivity index (χ0) is 12.1. The van der Waals surface area contributed by atoms with E-state index in [9.17, 15) is 4.79 Å². The first-order chi connectivity index (χ1) is 7.81. The Labute approximate surface area is 99.5 Å². The molecule has 0 N–H and O–H groups in total. The van der Waals surface area contributed by atoms with Crippen LogP contribution in [0.25, 0.3) is 0 Å². The Kier molecular flexibility index (Phi) is 12.1. The highest BCUT2D eigenvalue weighted by molar-refractivity contribution is 5.69. The molecule has 0 aliphatic carbocycles. The maximum atomic E-state index is 11.2. The van der Waals surface area contributed by atoms with Gasteiger partial charge in [0.2, 0.25) is 0 Å². The molecule has 16 heavy (non-hydrogen) atoms. The fourth-order valence-electron chi connectivity index (χ4n) is 1.41. The largest absolute Gasteiger partial charge is 0.463 e. The van der Waals surface area contributed by atoms with Crippen LogP contribution in [0.5, 0.6) is 0 Å². The number of unbranched alkanes of at least 4 members (excludes halogenated alkanes) is 4. The smallest absolute Gasteiger partial charge is 0.305 e. The fourth-order valence-corrected chi connectivity index (χ4v) is 1.41. The Morgan fingerprint density at radius 3 is 2.31 bits per heavy atom. The molecule has 0 heterocycles.